The Hall–Kier alpha value is -2.87. The second-order valence-corrected chi connectivity index (χ2v) is 4.85. The van der Waals surface area contributed by atoms with Gasteiger partial charge in [0, 0.05) is 5.69 Å². The quantitative estimate of drug-likeness (QED) is 0.940. The van der Waals surface area contributed by atoms with E-state index in [4.69, 9.17) is 10.00 Å². The monoisotopic (exact) mass is 298 g/mol. The summed E-state index contributed by atoms with van der Waals surface area (Å²) in [5, 5.41) is 11.5. The van der Waals surface area contributed by atoms with E-state index in [2.05, 4.69) is 5.32 Å². The summed E-state index contributed by atoms with van der Waals surface area (Å²) in [6.45, 7) is 3.36. The van der Waals surface area contributed by atoms with Gasteiger partial charge in [0.2, 0.25) is 0 Å². The van der Waals surface area contributed by atoms with Crippen molar-refractivity contribution in [3.8, 4) is 11.8 Å². The van der Waals surface area contributed by atoms with Crippen molar-refractivity contribution < 1.29 is 13.9 Å². The molecule has 0 aliphatic heterocycles. The van der Waals surface area contributed by atoms with Gasteiger partial charge >= 0.3 is 0 Å². The van der Waals surface area contributed by atoms with Gasteiger partial charge in [-0.05, 0) is 49.7 Å². The second-order valence-electron chi connectivity index (χ2n) is 4.85. The first kappa shape index (κ1) is 15.5. The maximum atomic E-state index is 13.2. The molecular weight excluding hydrogens is 283 g/mol. The van der Waals surface area contributed by atoms with Gasteiger partial charge in [0.05, 0.1) is 11.6 Å². The minimum absolute atomic E-state index is 0.393. The second kappa shape index (κ2) is 6.72. The molecule has 0 aliphatic carbocycles. The van der Waals surface area contributed by atoms with Crippen LogP contribution in [0.1, 0.15) is 18.1 Å². The van der Waals surface area contributed by atoms with Crippen molar-refractivity contribution in [2.45, 2.75) is 20.0 Å². The topological polar surface area (TPSA) is 62.1 Å². The number of amides is 1. The van der Waals surface area contributed by atoms with E-state index >= 15 is 0 Å². The van der Waals surface area contributed by atoms with Gasteiger partial charge in [-0.25, -0.2) is 4.39 Å². The highest BCUT2D eigenvalue weighted by Crippen LogP contribution is 2.18. The largest absolute Gasteiger partial charge is 0.481 e. The van der Waals surface area contributed by atoms with E-state index in [0.29, 0.717) is 17.0 Å². The van der Waals surface area contributed by atoms with Crippen molar-refractivity contribution in [1.82, 2.24) is 0 Å². The van der Waals surface area contributed by atoms with Crippen LogP contribution in [0.25, 0.3) is 0 Å². The molecule has 22 heavy (non-hydrogen) atoms. The fraction of sp³-hybridized carbons (Fsp3) is 0.176. The molecule has 2 aromatic carbocycles. The molecule has 1 amide bonds. The molecule has 1 unspecified atom stereocenters. The van der Waals surface area contributed by atoms with Gasteiger partial charge in [0.25, 0.3) is 5.91 Å². The Balaban J connectivity index is 2.06. The van der Waals surface area contributed by atoms with Crippen molar-refractivity contribution in [1.29, 1.82) is 5.26 Å². The predicted molar refractivity (Wildman–Crippen MR) is 81.0 cm³/mol. The number of carbonyl (C=O) groups excluding carboxylic acids is 1. The molecule has 0 saturated heterocycles. The first-order valence-corrected chi connectivity index (χ1v) is 6.73. The number of benzene rings is 2. The molecule has 4 nitrogen and oxygen atoms in total. The molecule has 2 aromatic rings. The van der Waals surface area contributed by atoms with E-state index in [1.54, 1.807) is 44.2 Å². The molecule has 0 fully saturated rings. The fourth-order valence-corrected chi connectivity index (χ4v) is 1.86. The minimum atomic E-state index is -0.781. The first-order valence-electron chi connectivity index (χ1n) is 6.73. The lowest BCUT2D eigenvalue weighted by Gasteiger charge is -2.16. The highest BCUT2D eigenvalue weighted by atomic mass is 19.1. The Morgan fingerprint density at radius 2 is 2.09 bits per heavy atom. The van der Waals surface area contributed by atoms with Crippen LogP contribution in [0.5, 0.6) is 5.75 Å². The third-order valence-electron chi connectivity index (χ3n) is 3.10. The Kier molecular flexibility index (Phi) is 4.74. The molecule has 0 spiro atoms. The van der Waals surface area contributed by atoms with Crippen molar-refractivity contribution in [3.05, 3.63) is 59.4 Å². The molecule has 5 heteroatoms. The summed E-state index contributed by atoms with van der Waals surface area (Å²) in [5.74, 6) is -0.384. The summed E-state index contributed by atoms with van der Waals surface area (Å²) < 4.78 is 18.7. The number of nitriles is 1. The van der Waals surface area contributed by atoms with Crippen LogP contribution in [0, 0.1) is 24.1 Å². The van der Waals surface area contributed by atoms with Gasteiger partial charge in [-0.2, -0.15) is 5.26 Å². The molecule has 1 N–H and O–H groups in total. The summed E-state index contributed by atoms with van der Waals surface area (Å²) >= 11 is 0. The SMILES string of the molecule is Cc1ccc(F)cc1NC(=O)C(C)Oc1cccc(C#N)c1. The number of hydrogen-bond acceptors (Lipinski definition) is 3. The number of anilines is 1. The van der Waals surface area contributed by atoms with Gasteiger partial charge in [-0.1, -0.05) is 12.1 Å². The van der Waals surface area contributed by atoms with Crippen LogP contribution >= 0.6 is 0 Å². The zero-order valence-electron chi connectivity index (χ0n) is 12.3. The smallest absolute Gasteiger partial charge is 0.265 e. The predicted octanol–water partition coefficient (Wildman–Crippen LogP) is 3.41. The molecule has 112 valence electrons. The average molecular weight is 298 g/mol. The van der Waals surface area contributed by atoms with E-state index in [1.807, 2.05) is 6.07 Å². The van der Waals surface area contributed by atoms with Gasteiger partial charge in [-0.15, -0.1) is 0 Å². The van der Waals surface area contributed by atoms with Crippen LogP contribution in [0.3, 0.4) is 0 Å². The number of halogens is 1. The summed E-state index contributed by atoms with van der Waals surface area (Å²) in [6.07, 6.45) is -0.781. The van der Waals surface area contributed by atoms with Crippen molar-refractivity contribution in [2.75, 3.05) is 5.32 Å². The molecule has 0 radical (unpaired) electrons. The van der Waals surface area contributed by atoms with Crippen LogP contribution in [-0.2, 0) is 4.79 Å². The molecule has 0 heterocycles. The number of nitrogens with one attached hydrogen (secondary N) is 1. The van der Waals surface area contributed by atoms with E-state index in [0.717, 1.165) is 5.56 Å². The fourth-order valence-electron chi connectivity index (χ4n) is 1.86. The average Bonchev–Trinajstić information content (AvgIpc) is 2.51. The third kappa shape index (κ3) is 3.83. The molecular formula is C17H15FN2O2. The van der Waals surface area contributed by atoms with E-state index in [9.17, 15) is 9.18 Å². The van der Waals surface area contributed by atoms with Crippen molar-refractivity contribution in [3.63, 3.8) is 0 Å². The highest BCUT2D eigenvalue weighted by Gasteiger charge is 2.16. The Morgan fingerprint density at radius 3 is 2.82 bits per heavy atom. The lowest BCUT2D eigenvalue weighted by molar-refractivity contribution is -0.122. The third-order valence-corrected chi connectivity index (χ3v) is 3.10. The Morgan fingerprint density at radius 1 is 1.32 bits per heavy atom. The first-order chi connectivity index (χ1) is 10.5. The van der Waals surface area contributed by atoms with E-state index in [-0.39, 0.29) is 0 Å². The summed E-state index contributed by atoms with van der Waals surface area (Å²) in [6, 6.07) is 12.7. The maximum absolute atomic E-state index is 13.2. The number of ether oxygens (including phenoxy) is 1. The molecule has 2 rings (SSSR count). The van der Waals surface area contributed by atoms with Gasteiger partial charge in [0.1, 0.15) is 11.6 Å². The van der Waals surface area contributed by atoms with E-state index < -0.39 is 17.8 Å². The van der Waals surface area contributed by atoms with Gasteiger partial charge in [0.15, 0.2) is 6.10 Å². The highest BCUT2D eigenvalue weighted by molar-refractivity contribution is 5.94. The summed E-state index contributed by atoms with van der Waals surface area (Å²) in [7, 11) is 0. The molecule has 0 aromatic heterocycles. The standard InChI is InChI=1S/C17H15FN2O2/c1-11-6-7-14(18)9-16(11)20-17(21)12(2)22-15-5-3-4-13(8-15)10-19/h3-9,12H,1-2H3,(H,20,21). The zero-order chi connectivity index (χ0) is 16.1. The number of nitrogens with zero attached hydrogens (tertiary/aromatic N) is 1. The van der Waals surface area contributed by atoms with Crippen LogP contribution in [0.15, 0.2) is 42.5 Å². The van der Waals surface area contributed by atoms with Crippen LogP contribution < -0.4 is 10.1 Å². The number of aryl methyl sites for hydroxylation is 1. The summed E-state index contributed by atoms with van der Waals surface area (Å²) in [5.41, 5.74) is 1.62. The molecule has 0 aliphatic rings. The Bertz CT molecular complexity index is 738. The summed E-state index contributed by atoms with van der Waals surface area (Å²) in [4.78, 5) is 12.1. The van der Waals surface area contributed by atoms with E-state index in [1.165, 1.54) is 12.1 Å². The molecule has 1 atom stereocenters. The number of rotatable bonds is 4. The number of hydrogen-bond donors (Lipinski definition) is 1. The van der Waals surface area contributed by atoms with Gasteiger partial charge in [-0.3, -0.25) is 4.79 Å². The molecule has 0 bridgehead atoms. The van der Waals surface area contributed by atoms with Crippen LogP contribution in [-0.4, -0.2) is 12.0 Å². The minimum Gasteiger partial charge on any atom is -0.481 e. The normalized spacial score (nSPS) is 11.4. The lowest BCUT2D eigenvalue weighted by atomic mass is 10.2. The Labute approximate surface area is 128 Å². The maximum Gasteiger partial charge on any atom is 0.265 e. The van der Waals surface area contributed by atoms with Crippen molar-refractivity contribution >= 4 is 11.6 Å². The number of carbonyl (C=O) groups is 1. The van der Waals surface area contributed by atoms with Crippen LogP contribution in [0.2, 0.25) is 0 Å². The molecule has 0 saturated carbocycles. The van der Waals surface area contributed by atoms with Gasteiger partial charge < -0.3 is 10.1 Å². The zero-order valence-corrected chi connectivity index (χ0v) is 12.3. The van der Waals surface area contributed by atoms with Crippen LogP contribution in [0.4, 0.5) is 10.1 Å². The van der Waals surface area contributed by atoms with Crippen molar-refractivity contribution in [2.24, 2.45) is 0 Å². The lowest BCUT2D eigenvalue weighted by Crippen LogP contribution is -2.30.